The van der Waals surface area contributed by atoms with Crippen LogP contribution < -0.4 is 0 Å². The molecule has 1 aromatic heterocycles. The van der Waals surface area contributed by atoms with Crippen molar-refractivity contribution in [2.45, 2.75) is 57.4 Å². The molecule has 1 fully saturated rings. The van der Waals surface area contributed by atoms with Gasteiger partial charge in [-0.1, -0.05) is 6.92 Å². The van der Waals surface area contributed by atoms with Gasteiger partial charge in [0.2, 0.25) is 10.0 Å². The number of halogens is 1. The Hall–Kier alpha value is -0.520. The molecule has 0 aromatic carbocycles. The third-order valence-electron chi connectivity index (χ3n) is 4.10. The molecule has 2 rings (SSSR count). The number of nitrogens with zero attached hydrogens (tertiary/aromatic N) is 1. The largest absolute Gasteiger partial charge is 0.465 e. The van der Waals surface area contributed by atoms with Gasteiger partial charge in [-0.05, 0) is 39.5 Å². The van der Waals surface area contributed by atoms with Gasteiger partial charge in [-0.15, -0.1) is 11.6 Å². The van der Waals surface area contributed by atoms with Crippen LogP contribution in [0.4, 0.5) is 0 Å². The third kappa shape index (κ3) is 2.63. The Morgan fingerprint density at radius 1 is 1.30 bits per heavy atom. The van der Waals surface area contributed by atoms with E-state index >= 15 is 0 Å². The number of rotatable bonds is 3. The smallest absolute Gasteiger partial charge is 0.247 e. The minimum absolute atomic E-state index is 0.0153. The van der Waals surface area contributed by atoms with Crippen molar-refractivity contribution in [2.75, 3.05) is 6.54 Å². The van der Waals surface area contributed by atoms with Crippen LogP contribution in [-0.4, -0.2) is 25.3 Å². The van der Waals surface area contributed by atoms with Crippen molar-refractivity contribution in [3.8, 4) is 0 Å². The first-order valence-corrected chi connectivity index (χ1v) is 8.93. The van der Waals surface area contributed by atoms with Gasteiger partial charge in [0, 0.05) is 18.2 Å². The number of piperidine rings is 1. The van der Waals surface area contributed by atoms with Crippen molar-refractivity contribution < 1.29 is 12.8 Å². The molecule has 20 heavy (non-hydrogen) atoms. The molecule has 0 radical (unpaired) electrons. The number of hydrogen-bond acceptors (Lipinski definition) is 3. The first kappa shape index (κ1) is 15.9. The lowest BCUT2D eigenvalue weighted by molar-refractivity contribution is 0.220. The van der Waals surface area contributed by atoms with Crippen LogP contribution in [0.3, 0.4) is 0 Å². The maximum atomic E-state index is 12.9. The Balaban J connectivity index is 2.46. The van der Waals surface area contributed by atoms with Gasteiger partial charge in [0.15, 0.2) is 0 Å². The van der Waals surface area contributed by atoms with E-state index in [0.717, 1.165) is 12.8 Å². The van der Waals surface area contributed by atoms with Crippen molar-refractivity contribution in [1.82, 2.24) is 4.31 Å². The summed E-state index contributed by atoms with van der Waals surface area (Å²) in [5.41, 5.74) is 0.593. The lowest BCUT2D eigenvalue weighted by Gasteiger charge is -2.35. The summed E-state index contributed by atoms with van der Waals surface area (Å²) in [4.78, 5) is 0.270. The zero-order valence-corrected chi connectivity index (χ0v) is 14.0. The second-order valence-electron chi connectivity index (χ2n) is 5.75. The highest BCUT2D eigenvalue weighted by atomic mass is 35.5. The SMILES string of the molecule is Cc1oc(C)c(S(=O)(=O)N2CCC(C)CC2C)c1CCl. The monoisotopic (exact) mass is 319 g/mol. The third-order valence-corrected chi connectivity index (χ3v) is 6.58. The number of hydrogen-bond donors (Lipinski definition) is 0. The summed E-state index contributed by atoms with van der Waals surface area (Å²) < 4.78 is 32.9. The second kappa shape index (κ2) is 5.70. The predicted molar refractivity (Wildman–Crippen MR) is 79.5 cm³/mol. The van der Waals surface area contributed by atoms with Gasteiger partial charge in [-0.25, -0.2) is 8.42 Å². The van der Waals surface area contributed by atoms with E-state index in [1.54, 1.807) is 18.2 Å². The average Bonchev–Trinajstić information content (AvgIpc) is 2.63. The van der Waals surface area contributed by atoms with Gasteiger partial charge in [-0.2, -0.15) is 4.31 Å². The van der Waals surface area contributed by atoms with Gasteiger partial charge in [0.05, 0.1) is 5.88 Å². The standard InChI is InChI=1S/C14H22ClNO3S/c1-9-5-6-16(10(2)7-9)20(17,18)14-12(4)19-11(3)13(14)8-15/h9-10H,5-8H2,1-4H3. The Morgan fingerprint density at radius 2 is 1.95 bits per heavy atom. The molecule has 6 heteroatoms. The molecule has 1 aliphatic rings. The highest BCUT2D eigenvalue weighted by Crippen LogP contribution is 2.34. The maximum absolute atomic E-state index is 12.9. The topological polar surface area (TPSA) is 50.5 Å². The van der Waals surface area contributed by atoms with Crippen LogP contribution in [0.5, 0.6) is 0 Å². The van der Waals surface area contributed by atoms with E-state index in [4.69, 9.17) is 16.0 Å². The van der Waals surface area contributed by atoms with Crippen molar-refractivity contribution in [2.24, 2.45) is 5.92 Å². The molecule has 0 aliphatic carbocycles. The van der Waals surface area contributed by atoms with Crippen LogP contribution >= 0.6 is 11.6 Å². The summed E-state index contributed by atoms with van der Waals surface area (Å²) in [6.45, 7) is 8.14. The summed E-state index contributed by atoms with van der Waals surface area (Å²) in [7, 11) is -3.53. The summed E-state index contributed by atoms with van der Waals surface area (Å²) in [6, 6.07) is 0.0153. The highest BCUT2D eigenvalue weighted by Gasteiger charge is 2.37. The molecule has 2 heterocycles. The van der Waals surface area contributed by atoms with Crippen LogP contribution in [0, 0.1) is 19.8 Å². The minimum atomic E-state index is -3.53. The summed E-state index contributed by atoms with van der Waals surface area (Å²) in [6.07, 6.45) is 1.79. The van der Waals surface area contributed by atoms with E-state index in [1.807, 2.05) is 6.92 Å². The molecule has 0 spiro atoms. The number of alkyl halides is 1. The molecule has 0 bridgehead atoms. The van der Waals surface area contributed by atoms with Crippen molar-refractivity contribution >= 4 is 21.6 Å². The lowest BCUT2D eigenvalue weighted by Crippen LogP contribution is -2.44. The van der Waals surface area contributed by atoms with Gasteiger partial charge in [-0.3, -0.25) is 0 Å². The van der Waals surface area contributed by atoms with Crippen molar-refractivity contribution in [3.05, 3.63) is 17.1 Å². The molecule has 114 valence electrons. The van der Waals surface area contributed by atoms with Gasteiger partial charge < -0.3 is 4.42 Å². The lowest BCUT2D eigenvalue weighted by atomic mass is 9.95. The summed E-state index contributed by atoms with van der Waals surface area (Å²) in [5.74, 6) is 1.74. The second-order valence-corrected chi connectivity index (χ2v) is 7.84. The molecule has 2 atom stereocenters. The summed E-state index contributed by atoms with van der Waals surface area (Å²) in [5, 5.41) is 0. The van der Waals surface area contributed by atoms with Gasteiger partial charge in [0.1, 0.15) is 16.4 Å². The fraction of sp³-hybridized carbons (Fsp3) is 0.714. The molecule has 4 nitrogen and oxygen atoms in total. The van der Waals surface area contributed by atoms with Crippen LogP contribution in [-0.2, 0) is 15.9 Å². The summed E-state index contributed by atoms with van der Waals surface area (Å²) >= 11 is 5.91. The normalized spacial score (nSPS) is 25.1. The number of sulfonamides is 1. The van der Waals surface area contributed by atoms with Crippen LogP contribution in [0.25, 0.3) is 0 Å². The van der Waals surface area contributed by atoms with Crippen molar-refractivity contribution in [3.63, 3.8) is 0 Å². The molecule has 1 aromatic rings. The van der Waals surface area contributed by atoms with Gasteiger partial charge in [0.25, 0.3) is 0 Å². The van der Waals surface area contributed by atoms with E-state index in [1.165, 1.54) is 0 Å². The van der Waals surface area contributed by atoms with Crippen LogP contribution in [0.2, 0.25) is 0 Å². The fourth-order valence-electron chi connectivity index (χ4n) is 3.06. The van der Waals surface area contributed by atoms with E-state index in [9.17, 15) is 8.42 Å². The molecule has 1 saturated heterocycles. The van der Waals surface area contributed by atoms with E-state index in [2.05, 4.69) is 6.92 Å². The Morgan fingerprint density at radius 3 is 2.50 bits per heavy atom. The maximum Gasteiger partial charge on any atom is 0.247 e. The minimum Gasteiger partial charge on any atom is -0.465 e. The number of aryl methyl sites for hydroxylation is 2. The first-order valence-electron chi connectivity index (χ1n) is 6.95. The molecule has 0 amide bonds. The molecule has 0 saturated carbocycles. The van der Waals surface area contributed by atoms with Crippen LogP contribution in [0.15, 0.2) is 9.31 Å². The number of furan rings is 1. The average molecular weight is 320 g/mol. The zero-order valence-electron chi connectivity index (χ0n) is 12.4. The zero-order chi connectivity index (χ0) is 15.1. The Kier molecular flexibility index (Phi) is 4.52. The van der Waals surface area contributed by atoms with E-state index in [-0.39, 0.29) is 16.8 Å². The van der Waals surface area contributed by atoms with E-state index < -0.39 is 10.0 Å². The van der Waals surface area contributed by atoms with Gasteiger partial charge >= 0.3 is 0 Å². The van der Waals surface area contributed by atoms with E-state index in [0.29, 0.717) is 29.5 Å². The molecular formula is C14H22ClNO3S. The molecule has 1 aliphatic heterocycles. The highest BCUT2D eigenvalue weighted by molar-refractivity contribution is 7.89. The molecular weight excluding hydrogens is 298 g/mol. The predicted octanol–water partition coefficient (Wildman–Crippen LogP) is 3.44. The van der Waals surface area contributed by atoms with Crippen LogP contribution in [0.1, 0.15) is 43.8 Å². The van der Waals surface area contributed by atoms with Crippen molar-refractivity contribution in [1.29, 1.82) is 0 Å². The Labute approximate surface area is 126 Å². The first-order chi connectivity index (χ1) is 9.28. The Bertz CT molecular complexity index is 594. The molecule has 0 N–H and O–H groups in total. The molecule has 2 unspecified atom stereocenters. The fourth-order valence-corrected chi connectivity index (χ4v) is 5.54. The quantitative estimate of drug-likeness (QED) is 0.802.